The first-order chi connectivity index (χ1) is 19.4. The quantitative estimate of drug-likeness (QED) is 0.312. The van der Waals surface area contributed by atoms with Crippen LogP contribution in [0.25, 0.3) is 28.1 Å². The Bertz CT molecular complexity index is 1610. The highest BCUT2D eigenvalue weighted by Gasteiger charge is 2.26. The van der Waals surface area contributed by atoms with E-state index < -0.39 is 0 Å². The normalized spacial score (nSPS) is 17.2. The molecule has 3 aromatic heterocycles. The molecule has 0 saturated carbocycles. The number of imide groups is 1. The standard InChI is InChI=1S/C29H29N7O3S/c1-17-26(18(2)39-35-17)23-13-20-5-3-4-6-22(20)24(33-23)16-30-15-19-8-11-36(12-9-19)28-31-10-7-21(32-28)14-25-27(37)34-29(38)40-25/h3-7,10,13-14,19,30H,8-9,11-12,15-16H2,1-2H3,(H,34,37,38)/b25-14+. The number of benzene rings is 1. The number of anilines is 1. The van der Waals surface area contributed by atoms with Crippen molar-refractivity contribution in [2.75, 3.05) is 24.5 Å². The number of aryl methyl sites for hydroxylation is 2. The minimum Gasteiger partial charge on any atom is -0.361 e. The molecule has 4 aromatic rings. The lowest BCUT2D eigenvalue weighted by molar-refractivity contribution is -0.115. The summed E-state index contributed by atoms with van der Waals surface area (Å²) in [5.41, 5.74) is 4.31. The average Bonchev–Trinajstić information content (AvgIpc) is 3.47. The molecule has 0 bridgehead atoms. The van der Waals surface area contributed by atoms with Crippen LogP contribution in [0.1, 0.15) is 35.7 Å². The summed E-state index contributed by atoms with van der Waals surface area (Å²) in [5, 5.41) is 12.0. The number of rotatable bonds is 7. The topological polar surface area (TPSA) is 126 Å². The third-order valence-electron chi connectivity index (χ3n) is 7.32. The zero-order valence-corrected chi connectivity index (χ0v) is 23.1. The maximum atomic E-state index is 11.9. The lowest BCUT2D eigenvalue weighted by atomic mass is 9.97. The Balaban J connectivity index is 1.08. The number of thioether (sulfide) groups is 1. The minimum absolute atomic E-state index is 0.346. The summed E-state index contributed by atoms with van der Waals surface area (Å²) < 4.78 is 5.40. The lowest BCUT2D eigenvalue weighted by Gasteiger charge is -2.32. The van der Waals surface area contributed by atoms with Crippen LogP contribution in [0.2, 0.25) is 0 Å². The molecule has 2 N–H and O–H groups in total. The van der Waals surface area contributed by atoms with Gasteiger partial charge in [0.1, 0.15) is 5.76 Å². The van der Waals surface area contributed by atoms with Gasteiger partial charge in [-0.05, 0) is 74.5 Å². The predicted molar refractivity (Wildman–Crippen MR) is 154 cm³/mol. The highest BCUT2D eigenvalue weighted by molar-refractivity contribution is 8.18. The number of nitrogens with one attached hydrogen (secondary N) is 2. The number of amides is 2. The zero-order valence-electron chi connectivity index (χ0n) is 22.3. The first-order valence-corrected chi connectivity index (χ1v) is 14.1. The molecule has 2 fully saturated rings. The van der Waals surface area contributed by atoms with E-state index in [2.05, 4.69) is 48.9 Å². The van der Waals surface area contributed by atoms with Crippen molar-refractivity contribution < 1.29 is 14.1 Å². The van der Waals surface area contributed by atoms with Crippen molar-refractivity contribution in [3.05, 3.63) is 70.3 Å². The Morgan fingerprint density at radius 3 is 2.73 bits per heavy atom. The molecule has 2 saturated heterocycles. The highest BCUT2D eigenvalue weighted by atomic mass is 32.2. The summed E-state index contributed by atoms with van der Waals surface area (Å²) >= 11 is 0.887. The first-order valence-electron chi connectivity index (χ1n) is 13.3. The van der Waals surface area contributed by atoms with Gasteiger partial charge in [-0.25, -0.2) is 9.97 Å². The molecule has 0 radical (unpaired) electrons. The van der Waals surface area contributed by atoms with E-state index in [1.165, 1.54) is 0 Å². The SMILES string of the molecule is Cc1noc(C)c1-c1cc2ccccc2c(CNCC2CCN(c3nccc(/C=C4/SC(=O)NC4=O)n3)CC2)n1. The van der Waals surface area contributed by atoms with Crippen LogP contribution in [0.3, 0.4) is 0 Å². The second-order valence-electron chi connectivity index (χ2n) is 10.1. The van der Waals surface area contributed by atoms with Gasteiger partial charge in [0.2, 0.25) is 5.95 Å². The summed E-state index contributed by atoms with van der Waals surface area (Å²) in [4.78, 5) is 39.9. The molecular weight excluding hydrogens is 526 g/mol. The van der Waals surface area contributed by atoms with Gasteiger partial charge in [-0.15, -0.1) is 0 Å². The van der Waals surface area contributed by atoms with Crippen molar-refractivity contribution in [3.63, 3.8) is 0 Å². The molecular formula is C29H29N7O3S. The second kappa shape index (κ2) is 11.2. The van der Waals surface area contributed by atoms with Crippen molar-refractivity contribution in [1.29, 1.82) is 0 Å². The number of aromatic nitrogens is 4. The van der Waals surface area contributed by atoms with Crippen molar-refractivity contribution in [2.45, 2.75) is 33.2 Å². The van der Waals surface area contributed by atoms with Crippen molar-refractivity contribution in [3.8, 4) is 11.3 Å². The van der Waals surface area contributed by atoms with Crippen LogP contribution in [-0.2, 0) is 11.3 Å². The van der Waals surface area contributed by atoms with Gasteiger partial charge in [0.15, 0.2) is 0 Å². The summed E-state index contributed by atoms with van der Waals surface area (Å²) in [5.74, 6) is 1.56. The number of fused-ring (bicyclic) bond motifs is 1. The lowest BCUT2D eigenvalue weighted by Crippen LogP contribution is -2.38. The molecule has 40 heavy (non-hydrogen) atoms. The third kappa shape index (κ3) is 5.47. The fraction of sp³-hybridized carbons (Fsp3) is 0.310. The van der Waals surface area contributed by atoms with Crippen LogP contribution in [-0.4, -0.2) is 50.9 Å². The molecule has 0 atom stereocenters. The Morgan fingerprint density at radius 1 is 1.15 bits per heavy atom. The summed E-state index contributed by atoms with van der Waals surface area (Å²) in [7, 11) is 0. The van der Waals surface area contributed by atoms with E-state index in [1.54, 1.807) is 18.3 Å². The fourth-order valence-electron chi connectivity index (χ4n) is 5.26. The molecule has 0 aliphatic carbocycles. The van der Waals surface area contributed by atoms with Gasteiger partial charge in [-0.1, -0.05) is 29.4 Å². The van der Waals surface area contributed by atoms with Gasteiger partial charge in [0.25, 0.3) is 11.1 Å². The Morgan fingerprint density at radius 2 is 1.98 bits per heavy atom. The van der Waals surface area contributed by atoms with E-state index in [9.17, 15) is 9.59 Å². The summed E-state index contributed by atoms with van der Waals surface area (Å²) in [6.45, 7) is 7.13. The van der Waals surface area contributed by atoms with Crippen LogP contribution in [0.4, 0.5) is 10.7 Å². The molecule has 10 nitrogen and oxygen atoms in total. The smallest absolute Gasteiger partial charge is 0.290 e. The first kappa shape index (κ1) is 26.1. The number of pyridine rings is 1. The van der Waals surface area contributed by atoms with Gasteiger partial charge in [-0.3, -0.25) is 19.9 Å². The molecule has 2 aliphatic rings. The van der Waals surface area contributed by atoms with Gasteiger partial charge in [-0.2, -0.15) is 0 Å². The molecule has 5 heterocycles. The van der Waals surface area contributed by atoms with E-state index in [4.69, 9.17) is 9.51 Å². The van der Waals surface area contributed by atoms with E-state index in [0.29, 0.717) is 29.0 Å². The molecule has 11 heteroatoms. The fourth-order valence-corrected chi connectivity index (χ4v) is 5.93. The Hall–Kier alpha value is -4.09. The Labute approximate surface area is 235 Å². The van der Waals surface area contributed by atoms with Gasteiger partial charge in [0.05, 0.1) is 33.2 Å². The number of piperidine rings is 1. The van der Waals surface area contributed by atoms with Crippen molar-refractivity contribution in [2.24, 2.45) is 5.92 Å². The highest BCUT2D eigenvalue weighted by Crippen LogP contribution is 2.30. The molecule has 204 valence electrons. The molecule has 2 amide bonds. The van der Waals surface area contributed by atoms with Crippen molar-refractivity contribution in [1.82, 2.24) is 30.7 Å². The third-order valence-corrected chi connectivity index (χ3v) is 8.13. The number of nitrogens with zero attached hydrogens (tertiary/aromatic N) is 5. The molecule has 1 aromatic carbocycles. The maximum absolute atomic E-state index is 11.9. The van der Waals surface area contributed by atoms with E-state index >= 15 is 0 Å². The number of carbonyl (C=O) groups is 2. The van der Waals surface area contributed by atoms with Crippen LogP contribution in [0, 0.1) is 19.8 Å². The van der Waals surface area contributed by atoms with Gasteiger partial charge in [0, 0.05) is 31.2 Å². The number of hydrogen-bond donors (Lipinski definition) is 2. The maximum Gasteiger partial charge on any atom is 0.290 e. The van der Waals surface area contributed by atoms with Crippen molar-refractivity contribution >= 4 is 45.7 Å². The van der Waals surface area contributed by atoms with Crippen LogP contribution >= 0.6 is 11.8 Å². The predicted octanol–water partition coefficient (Wildman–Crippen LogP) is 4.63. The molecule has 2 aliphatic heterocycles. The van der Waals surface area contributed by atoms with Gasteiger partial charge < -0.3 is 14.7 Å². The van der Waals surface area contributed by atoms with E-state index in [-0.39, 0.29) is 11.1 Å². The molecule has 0 spiro atoms. The Kier molecular flexibility index (Phi) is 7.31. The van der Waals surface area contributed by atoms with E-state index in [1.807, 2.05) is 26.0 Å². The zero-order chi connectivity index (χ0) is 27.6. The molecule has 6 rings (SSSR count). The number of hydrogen-bond acceptors (Lipinski definition) is 10. The van der Waals surface area contributed by atoms with E-state index in [0.717, 1.165) is 83.4 Å². The van der Waals surface area contributed by atoms with Gasteiger partial charge >= 0.3 is 0 Å². The van der Waals surface area contributed by atoms with Crippen LogP contribution < -0.4 is 15.5 Å². The second-order valence-corrected chi connectivity index (χ2v) is 11.1. The number of carbonyl (C=O) groups excluding carboxylic acids is 2. The summed E-state index contributed by atoms with van der Waals surface area (Å²) in [6, 6.07) is 12.2. The van der Waals surface area contributed by atoms with Crippen LogP contribution in [0.15, 0.2) is 52.0 Å². The van der Waals surface area contributed by atoms with Crippen LogP contribution in [0.5, 0.6) is 0 Å². The monoisotopic (exact) mass is 555 g/mol. The average molecular weight is 556 g/mol. The summed E-state index contributed by atoms with van der Waals surface area (Å²) in [6.07, 6.45) is 5.35. The molecule has 0 unspecified atom stereocenters. The minimum atomic E-state index is -0.387. The largest absolute Gasteiger partial charge is 0.361 e.